The zero-order chi connectivity index (χ0) is 12.0. The Balaban J connectivity index is 2.28. The number of hydrogen-bond donors (Lipinski definition) is 2. The Morgan fingerprint density at radius 1 is 1.50 bits per heavy atom. The van der Waals surface area contributed by atoms with Gasteiger partial charge in [0.25, 0.3) is 0 Å². The Bertz CT molecular complexity index is 206. The van der Waals surface area contributed by atoms with Crippen LogP contribution in [0.3, 0.4) is 0 Å². The molecule has 1 aliphatic heterocycles. The van der Waals surface area contributed by atoms with Gasteiger partial charge >= 0.3 is 0 Å². The molecule has 3 heteroatoms. The molecule has 0 radical (unpaired) electrons. The van der Waals surface area contributed by atoms with Gasteiger partial charge in [0.05, 0.1) is 12.2 Å². The Labute approximate surface area is 98.8 Å². The molecule has 1 heterocycles. The van der Waals surface area contributed by atoms with Crippen LogP contribution in [0.2, 0.25) is 0 Å². The molecule has 0 aromatic heterocycles. The minimum Gasteiger partial charge on any atom is -0.393 e. The molecule has 0 bridgehead atoms. The molecule has 3 nitrogen and oxygen atoms in total. The first-order chi connectivity index (χ1) is 7.63. The monoisotopic (exact) mass is 227 g/mol. The Kier molecular flexibility index (Phi) is 6.03. The highest BCUT2D eigenvalue weighted by atomic mass is 16.3. The number of piperidine rings is 1. The van der Waals surface area contributed by atoms with Gasteiger partial charge in [-0.15, -0.1) is 6.58 Å². The first-order valence-electron chi connectivity index (χ1n) is 6.33. The zero-order valence-electron chi connectivity index (χ0n) is 10.3. The molecule has 1 saturated heterocycles. The van der Waals surface area contributed by atoms with Crippen LogP contribution in [0.4, 0.5) is 0 Å². The summed E-state index contributed by atoms with van der Waals surface area (Å²) in [4.78, 5) is 2.27. The van der Waals surface area contributed by atoms with Crippen LogP contribution in [-0.2, 0) is 0 Å². The van der Waals surface area contributed by atoms with Gasteiger partial charge in [-0.05, 0) is 45.1 Å². The minimum absolute atomic E-state index is 0.229. The van der Waals surface area contributed by atoms with E-state index in [2.05, 4.69) is 11.5 Å². The maximum absolute atomic E-state index is 9.81. The number of allylic oxidation sites excluding steroid dienone is 1. The molecule has 3 atom stereocenters. The molecule has 0 aliphatic carbocycles. The Morgan fingerprint density at radius 3 is 2.88 bits per heavy atom. The standard InChI is InChI=1S/C13H25NO2/c1-3-4-7-13(16)10-14-8-5-6-12(9-14)11(2)15/h3,11-13,15-16H,1,4-10H2,2H3/t11-,12+,13+/m1/s1. The molecule has 94 valence electrons. The van der Waals surface area contributed by atoms with E-state index in [9.17, 15) is 10.2 Å². The van der Waals surface area contributed by atoms with Crippen LogP contribution >= 0.6 is 0 Å². The van der Waals surface area contributed by atoms with Crippen molar-refractivity contribution >= 4 is 0 Å². The molecule has 0 spiro atoms. The van der Waals surface area contributed by atoms with E-state index in [4.69, 9.17) is 0 Å². The lowest BCUT2D eigenvalue weighted by molar-refractivity contribution is 0.0363. The normalized spacial score (nSPS) is 26.3. The molecule has 1 rings (SSSR count). The molecule has 2 N–H and O–H groups in total. The molecule has 0 aromatic rings. The lowest BCUT2D eigenvalue weighted by atomic mass is 9.93. The van der Waals surface area contributed by atoms with Gasteiger partial charge in [-0.1, -0.05) is 6.08 Å². The minimum atomic E-state index is -0.259. The maximum atomic E-state index is 9.81. The number of rotatable bonds is 6. The summed E-state index contributed by atoms with van der Waals surface area (Å²) in [5.41, 5.74) is 0. The van der Waals surface area contributed by atoms with E-state index in [-0.39, 0.29) is 12.2 Å². The molecule has 16 heavy (non-hydrogen) atoms. The first kappa shape index (κ1) is 13.7. The highest BCUT2D eigenvalue weighted by Crippen LogP contribution is 2.20. The highest BCUT2D eigenvalue weighted by molar-refractivity contribution is 4.78. The zero-order valence-corrected chi connectivity index (χ0v) is 10.3. The molecule has 1 aliphatic rings. The van der Waals surface area contributed by atoms with Crippen molar-refractivity contribution in [1.82, 2.24) is 4.90 Å². The summed E-state index contributed by atoms with van der Waals surface area (Å²) in [6.45, 7) is 8.22. The quantitative estimate of drug-likeness (QED) is 0.674. The van der Waals surface area contributed by atoms with Crippen LogP contribution in [0.1, 0.15) is 32.6 Å². The van der Waals surface area contributed by atoms with E-state index in [0.717, 1.165) is 45.3 Å². The first-order valence-corrected chi connectivity index (χ1v) is 6.33. The Morgan fingerprint density at radius 2 is 2.25 bits per heavy atom. The van der Waals surface area contributed by atoms with Crippen molar-refractivity contribution in [2.45, 2.75) is 44.8 Å². The molecular formula is C13H25NO2. The summed E-state index contributed by atoms with van der Waals surface area (Å²) in [6, 6.07) is 0. The number of nitrogens with zero attached hydrogens (tertiary/aromatic N) is 1. The SMILES string of the molecule is C=CCC[C@H](O)CN1CCC[C@H]([C@@H](C)O)C1. The van der Waals surface area contributed by atoms with E-state index in [1.165, 1.54) is 0 Å². The summed E-state index contributed by atoms with van der Waals surface area (Å²) >= 11 is 0. The van der Waals surface area contributed by atoms with E-state index >= 15 is 0 Å². The third kappa shape index (κ3) is 4.64. The fraction of sp³-hybridized carbons (Fsp3) is 0.846. The predicted octanol–water partition coefficient (Wildman–Crippen LogP) is 1.41. The van der Waals surface area contributed by atoms with Crippen molar-refractivity contribution in [3.63, 3.8) is 0 Å². The van der Waals surface area contributed by atoms with Crippen LogP contribution < -0.4 is 0 Å². The molecule has 0 unspecified atom stereocenters. The largest absolute Gasteiger partial charge is 0.393 e. The van der Waals surface area contributed by atoms with Gasteiger partial charge in [0.1, 0.15) is 0 Å². The van der Waals surface area contributed by atoms with Crippen molar-refractivity contribution in [1.29, 1.82) is 0 Å². The van der Waals surface area contributed by atoms with Crippen LogP contribution in [-0.4, -0.2) is 47.0 Å². The summed E-state index contributed by atoms with van der Waals surface area (Å²) in [7, 11) is 0. The van der Waals surface area contributed by atoms with Crippen molar-refractivity contribution < 1.29 is 10.2 Å². The lowest BCUT2D eigenvalue weighted by Crippen LogP contribution is -2.42. The van der Waals surface area contributed by atoms with E-state index < -0.39 is 0 Å². The summed E-state index contributed by atoms with van der Waals surface area (Å²) in [5.74, 6) is 0.375. The van der Waals surface area contributed by atoms with Crippen LogP contribution in [0.5, 0.6) is 0 Å². The average molecular weight is 227 g/mol. The van der Waals surface area contributed by atoms with E-state index in [1.807, 2.05) is 13.0 Å². The summed E-state index contributed by atoms with van der Waals surface area (Å²) < 4.78 is 0. The van der Waals surface area contributed by atoms with Gasteiger partial charge in [-0.3, -0.25) is 0 Å². The third-order valence-electron chi connectivity index (χ3n) is 3.40. The predicted molar refractivity (Wildman–Crippen MR) is 66.3 cm³/mol. The van der Waals surface area contributed by atoms with Gasteiger partial charge < -0.3 is 15.1 Å². The topological polar surface area (TPSA) is 43.7 Å². The fourth-order valence-corrected chi connectivity index (χ4v) is 2.35. The van der Waals surface area contributed by atoms with Crippen molar-refractivity contribution in [3.05, 3.63) is 12.7 Å². The van der Waals surface area contributed by atoms with Gasteiger partial charge in [0.15, 0.2) is 0 Å². The van der Waals surface area contributed by atoms with Crippen molar-refractivity contribution in [3.8, 4) is 0 Å². The second-order valence-corrected chi connectivity index (χ2v) is 4.92. The second kappa shape index (κ2) is 7.05. The van der Waals surface area contributed by atoms with Gasteiger partial charge in [0, 0.05) is 13.1 Å². The molecule has 1 fully saturated rings. The maximum Gasteiger partial charge on any atom is 0.0670 e. The fourth-order valence-electron chi connectivity index (χ4n) is 2.35. The molecule has 0 amide bonds. The second-order valence-electron chi connectivity index (χ2n) is 4.92. The van der Waals surface area contributed by atoms with Crippen LogP contribution in [0.15, 0.2) is 12.7 Å². The lowest BCUT2D eigenvalue weighted by Gasteiger charge is -2.35. The molecule has 0 saturated carbocycles. The van der Waals surface area contributed by atoms with Crippen LogP contribution in [0.25, 0.3) is 0 Å². The number of β-amino-alcohol motifs (C(OH)–C–C–N with tert-alkyl or cyclic N) is 1. The summed E-state index contributed by atoms with van der Waals surface area (Å²) in [6.07, 6.45) is 5.26. The number of aliphatic hydroxyl groups excluding tert-OH is 2. The highest BCUT2D eigenvalue weighted by Gasteiger charge is 2.24. The average Bonchev–Trinajstić information content (AvgIpc) is 2.26. The number of aliphatic hydroxyl groups is 2. The molecular weight excluding hydrogens is 202 g/mol. The Hall–Kier alpha value is -0.380. The summed E-state index contributed by atoms with van der Waals surface area (Å²) in [5, 5.41) is 19.4. The van der Waals surface area contributed by atoms with E-state index in [0.29, 0.717) is 5.92 Å². The smallest absolute Gasteiger partial charge is 0.0670 e. The van der Waals surface area contributed by atoms with Crippen molar-refractivity contribution in [2.75, 3.05) is 19.6 Å². The third-order valence-corrected chi connectivity index (χ3v) is 3.40. The number of likely N-dealkylation sites (tertiary alicyclic amines) is 1. The van der Waals surface area contributed by atoms with E-state index in [1.54, 1.807) is 0 Å². The van der Waals surface area contributed by atoms with Crippen LogP contribution in [0, 0.1) is 5.92 Å². The van der Waals surface area contributed by atoms with Gasteiger partial charge in [-0.25, -0.2) is 0 Å². The van der Waals surface area contributed by atoms with Gasteiger partial charge in [0.2, 0.25) is 0 Å². The number of hydrogen-bond acceptors (Lipinski definition) is 3. The molecule has 0 aromatic carbocycles. The van der Waals surface area contributed by atoms with Gasteiger partial charge in [-0.2, -0.15) is 0 Å². The van der Waals surface area contributed by atoms with Crippen molar-refractivity contribution in [2.24, 2.45) is 5.92 Å².